The summed E-state index contributed by atoms with van der Waals surface area (Å²) in [5.41, 5.74) is -1.76. The van der Waals surface area contributed by atoms with Crippen molar-refractivity contribution in [1.82, 2.24) is 13.9 Å². The molecule has 7 heteroatoms. The second-order valence-electron chi connectivity index (χ2n) is 7.44. The predicted octanol–water partition coefficient (Wildman–Crippen LogP) is 1.55. The average Bonchev–Trinajstić information content (AvgIpc) is 2.55. The highest BCUT2D eigenvalue weighted by molar-refractivity contribution is 5.00. The van der Waals surface area contributed by atoms with Crippen molar-refractivity contribution in [3.8, 4) is 0 Å². The molecule has 0 bridgehead atoms. The van der Waals surface area contributed by atoms with Gasteiger partial charge in [-0.2, -0.15) is 9.36 Å². The molecule has 0 unspecified atom stereocenters. The maximum atomic E-state index is 12.4. The summed E-state index contributed by atoms with van der Waals surface area (Å²) >= 11 is 0. The normalized spacial score (nSPS) is 22.0. The van der Waals surface area contributed by atoms with Crippen LogP contribution < -0.4 is 11.4 Å². The first-order valence-corrected chi connectivity index (χ1v) is 7.35. The van der Waals surface area contributed by atoms with Crippen molar-refractivity contribution in [2.45, 2.75) is 65.2 Å². The summed E-state index contributed by atoms with van der Waals surface area (Å²) in [6.07, 6.45) is 2.23. The molecule has 2 atom stereocenters. The Kier molecular flexibility index (Phi) is 3.99. The zero-order valence-corrected chi connectivity index (χ0v) is 14.3. The second-order valence-corrected chi connectivity index (χ2v) is 7.44. The van der Waals surface area contributed by atoms with E-state index in [9.17, 15) is 9.59 Å². The Balaban J connectivity index is 2.54. The van der Waals surface area contributed by atoms with Crippen LogP contribution in [0.3, 0.4) is 0 Å². The summed E-state index contributed by atoms with van der Waals surface area (Å²) in [7, 11) is 1.45. The summed E-state index contributed by atoms with van der Waals surface area (Å²) in [5.74, 6) is 0. The van der Waals surface area contributed by atoms with Crippen molar-refractivity contribution in [2.75, 3.05) is 0 Å². The van der Waals surface area contributed by atoms with Crippen LogP contribution in [-0.4, -0.2) is 25.1 Å². The van der Waals surface area contributed by atoms with Gasteiger partial charge in [0.25, 0.3) is 0 Å². The van der Waals surface area contributed by atoms with Crippen molar-refractivity contribution in [3.05, 3.63) is 33.1 Å². The second kappa shape index (κ2) is 5.24. The quantitative estimate of drug-likeness (QED) is 0.777. The van der Waals surface area contributed by atoms with Gasteiger partial charge < -0.3 is 9.47 Å². The fourth-order valence-electron chi connectivity index (χ4n) is 2.29. The Bertz CT molecular complexity index is 637. The average molecular weight is 311 g/mol. The SMILES string of the molecule is Cn1c(=O)n2n(c1=O)[C@H](OC(C)(C)C)C=C[C@H]2OC(C)(C)C. The van der Waals surface area contributed by atoms with E-state index in [1.165, 1.54) is 16.4 Å². The minimum Gasteiger partial charge on any atom is -0.347 e. The lowest BCUT2D eigenvalue weighted by Gasteiger charge is -2.33. The molecule has 1 aromatic rings. The first-order valence-electron chi connectivity index (χ1n) is 7.35. The van der Waals surface area contributed by atoms with Gasteiger partial charge in [0.05, 0.1) is 11.2 Å². The number of nitrogens with zero attached hydrogens (tertiary/aromatic N) is 3. The van der Waals surface area contributed by atoms with Crippen LogP contribution in [0.4, 0.5) is 0 Å². The fraction of sp³-hybridized carbons (Fsp3) is 0.733. The van der Waals surface area contributed by atoms with Crippen molar-refractivity contribution in [2.24, 2.45) is 7.05 Å². The van der Waals surface area contributed by atoms with E-state index in [4.69, 9.17) is 9.47 Å². The van der Waals surface area contributed by atoms with Crippen molar-refractivity contribution in [1.29, 1.82) is 0 Å². The van der Waals surface area contributed by atoms with Gasteiger partial charge in [-0.3, -0.25) is 0 Å². The van der Waals surface area contributed by atoms with E-state index in [2.05, 4.69) is 0 Å². The Morgan fingerprint density at radius 1 is 0.818 bits per heavy atom. The lowest BCUT2D eigenvalue weighted by molar-refractivity contribution is -0.124. The molecular formula is C15H25N3O4. The monoisotopic (exact) mass is 311 g/mol. The van der Waals surface area contributed by atoms with Gasteiger partial charge in [-0.15, -0.1) is 0 Å². The van der Waals surface area contributed by atoms with Crippen LogP contribution in [0.1, 0.15) is 54.0 Å². The minimum absolute atomic E-state index is 0.425. The molecule has 0 amide bonds. The minimum atomic E-state index is -0.638. The highest BCUT2D eigenvalue weighted by Crippen LogP contribution is 2.27. The summed E-state index contributed by atoms with van der Waals surface area (Å²) in [6, 6.07) is 0. The molecule has 1 aliphatic heterocycles. The van der Waals surface area contributed by atoms with Gasteiger partial charge in [0.15, 0.2) is 12.5 Å². The van der Waals surface area contributed by atoms with E-state index in [1.807, 2.05) is 41.5 Å². The predicted molar refractivity (Wildman–Crippen MR) is 82.8 cm³/mol. The maximum Gasteiger partial charge on any atom is 0.349 e. The zero-order valence-electron chi connectivity index (χ0n) is 14.3. The molecular weight excluding hydrogens is 286 g/mol. The number of aromatic nitrogens is 3. The number of hydrogen-bond acceptors (Lipinski definition) is 4. The smallest absolute Gasteiger partial charge is 0.347 e. The van der Waals surface area contributed by atoms with Crippen molar-refractivity contribution < 1.29 is 9.47 Å². The first-order chi connectivity index (χ1) is 9.91. The topological polar surface area (TPSA) is 67.4 Å². The van der Waals surface area contributed by atoms with Crippen LogP contribution >= 0.6 is 0 Å². The molecule has 22 heavy (non-hydrogen) atoms. The largest absolute Gasteiger partial charge is 0.349 e. The summed E-state index contributed by atoms with van der Waals surface area (Å²) < 4.78 is 15.4. The third-order valence-corrected chi connectivity index (χ3v) is 3.07. The number of fused-ring (bicyclic) bond motifs is 1. The van der Waals surface area contributed by atoms with Crippen LogP contribution in [0.5, 0.6) is 0 Å². The molecule has 0 spiro atoms. The van der Waals surface area contributed by atoms with E-state index in [1.54, 1.807) is 12.2 Å². The maximum absolute atomic E-state index is 12.4. The van der Waals surface area contributed by atoms with Crippen LogP contribution in [0.2, 0.25) is 0 Å². The summed E-state index contributed by atoms with van der Waals surface area (Å²) in [5, 5.41) is 0. The van der Waals surface area contributed by atoms with Gasteiger partial charge >= 0.3 is 11.4 Å². The standard InChI is InChI=1S/C15H25N3O4/c1-14(2,3)21-10-8-9-11(22-15(4,5)6)18-13(20)16(7)12(19)17(10)18/h8-11H,1-7H3/t10-,11-/m1/s1. The zero-order chi connectivity index (χ0) is 16.9. The third kappa shape index (κ3) is 3.25. The molecule has 0 saturated carbocycles. The number of hydrogen-bond donors (Lipinski definition) is 0. The Morgan fingerprint density at radius 2 is 1.14 bits per heavy atom. The van der Waals surface area contributed by atoms with E-state index in [-0.39, 0.29) is 0 Å². The molecule has 0 saturated heterocycles. The number of ether oxygens (including phenoxy) is 2. The fourth-order valence-corrected chi connectivity index (χ4v) is 2.29. The molecule has 2 rings (SSSR count). The van der Waals surface area contributed by atoms with E-state index in [0.29, 0.717) is 0 Å². The lowest BCUT2D eigenvalue weighted by atomic mass is 10.2. The van der Waals surface area contributed by atoms with Gasteiger partial charge in [-0.1, -0.05) is 0 Å². The van der Waals surface area contributed by atoms with Gasteiger partial charge in [-0.05, 0) is 53.7 Å². The van der Waals surface area contributed by atoms with Crippen LogP contribution in [-0.2, 0) is 16.5 Å². The highest BCUT2D eigenvalue weighted by Gasteiger charge is 2.32. The molecule has 1 aromatic heterocycles. The molecule has 2 heterocycles. The molecule has 7 nitrogen and oxygen atoms in total. The Morgan fingerprint density at radius 3 is 1.41 bits per heavy atom. The van der Waals surface area contributed by atoms with Gasteiger partial charge in [-0.25, -0.2) is 14.2 Å². The lowest BCUT2D eigenvalue weighted by Crippen LogP contribution is -2.41. The van der Waals surface area contributed by atoms with Crippen LogP contribution in [0, 0.1) is 0 Å². The molecule has 0 fully saturated rings. The summed E-state index contributed by atoms with van der Waals surface area (Å²) in [4.78, 5) is 24.8. The van der Waals surface area contributed by atoms with Gasteiger partial charge in [0.2, 0.25) is 0 Å². The molecule has 1 aliphatic rings. The molecule has 0 aliphatic carbocycles. The van der Waals surface area contributed by atoms with Crippen molar-refractivity contribution >= 4 is 0 Å². The Hall–Kier alpha value is -1.60. The van der Waals surface area contributed by atoms with Crippen LogP contribution in [0.15, 0.2) is 21.7 Å². The van der Waals surface area contributed by atoms with E-state index < -0.39 is 35.0 Å². The van der Waals surface area contributed by atoms with Gasteiger partial charge in [0, 0.05) is 7.05 Å². The van der Waals surface area contributed by atoms with Crippen LogP contribution in [0.25, 0.3) is 0 Å². The molecule has 0 radical (unpaired) electrons. The van der Waals surface area contributed by atoms with Crippen molar-refractivity contribution in [3.63, 3.8) is 0 Å². The molecule has 0 aromatic carbocycles. The molecule has 124 valence electrons. The van der Waals surface area contributed by atoms with E-state index in [0.717, 1.165) is 4.57 Å². The number of rotatable bonds is 2. The van der Waals surface area contributed by atoms with Gasteiger partial charge in [0.1, 0.15) is 0 Å². The third-order valence-electron chi connectivity index (χ3n) is 3.07. The van der Waals surface area contributed by atoms with E-state index >= 15 is 0 Å². The first kappa shape index (κ1) is 16.8. The highest BCUT2D eigenvalue weighted by atomic mass is 16.5. The molecule has 0 N–H and O–H groups in total. The Labute approximate surface area is 129 Å². The summed E-state index contributed by atoms with van der Waals surface area (Å²) in [6.45, 7) is 11.4.